The molecule has 1 saturated carbocycles. The molecule has 70 valence electrons. The molecule has 0 unspecified atom stereocenters. The highest BCUT2D eigenvalue weighted by Crippen LogP contribution is 2.40. The van der Waals surface area contributed by atoms with E-state index in [2.05, 4.69) is 0 Å². The summed E-state index contributed by atoms with van der Waals surface area (Å²) in [6.07, 6.45) is 2.06. The third kappa shape index (κ3) is 1.86. The van der Waals surface area contributed by atoms with Gasteiger partial charge in [0, 0.05) is 18.2 Å². The Morgan fingerprint density at radius 2 is 1.69 bits per heavy atom. The molecule has 2 N–H and O–H groups in total. The summed E-state index contributed by atoms with van der Waals surface area (Å²) in [5.74, 6) is 0.580. The Bertz CT molecular complexity index is 309. The third-order valence-corrected chi connectivity index (χ3v) is 2.19. The van der Waals surface area contributed by atoms with Crippen LogP contribution < -0.4 is 4.74 Å². The fourth-order valence-electron chi connectivity index (χ4n) is 1.19. The first kappa shape index (κ1) is 8.23. The number of benzene rings is 1. The van der Waals surface area contributed by atoms with Gasteiger partial charge < -0.3 is 14.9 Å². The first-order valence-electron chi connectivity index (χ1n) is 4.29. The molecule has 0 aliphatic heterocycles. The smallest absolute Gasteiger partial charge is 0.127 e. The van der Waals surface area contributed by atoms with Crippen molar-refractivity contribution in [2.24, 2.45) is 0 Å². The van der Waals surface area contributed by atoms with Crippen molar-refractivity contribution in [1.29, 1.82) is 0 Å². The third-order valence-electron chi connectivity index (χ3n) is 2.19. The Kier molecular flexibility index (Phi) is 1.62. The second-order valence-electron chi connectivity index (χ2n) is 3.74. The van der Waals surface area contributed by atoms with Crippen molar-refractivity contribution in [3.8, 4) is 17.2 Å². The van der Waals surface area contributed by atoms with Crippen molar-refractivity contribution in [3.05, 3.63) is 18.2 Å². The Balaban J connectivity index is 2.20. The molecule has 1 aliphatic carbocycles. The molecule has 2 rings (SSSR count). The van der Waals surface area contributed by atoms with E-state index in [4.69, 9.17) is 4.74 Å². The molecule has 1 aromatic carbocycles. The van der Waals surface area contributed by atoms with Crippen LogP contribution in [0.5, 0.6) is 17.2 Å². The molecule has 0 aromatic heterocycles. The number of aromatic hydroxyl groups is 2. The van der Waals surface area contributed by atoms with Crippen LogP contribution in [0.3, 0.4) is 0 Å². The van der Waals surface area contributed by atoms with E-state index in [0.29, 0.717) is 5.75 Å². The van der Waals surface area contributed by atoms with E-state index in [-0.39, 0.29) is 17.1 Å². The number of rotatable bonds is 2. The molecule has 0 radical (unpaired) electrons. The van der Waals surface area contributed by atoms with Crippen LogP contribution in [-0.4, -0.2) is 15.8 Å². The van der Waals surface area contributed by atoms with Gasteiger partial charge in [-0.3, -0.25) is 0 Å². The van der Waals surface area contributed by atoms with Crippen molar-refractivity contribution in [2.45, 2.75) is 25.4 Å². The van der Waals surface area contributed by atoms with E-state index in [1.807, 2.05) is 6.92 Å². The molecule has 1 aliphatic rings. The number of hydrogen-bond acceptors (Lipinski definition) is 3. The van der Waals surface area contributed by atoms with Crippen molar-refractivity contribution >= 4 is 0 Å². The molecule has 0 spiro atoms. The molecule has 0 heterocycles. The maximum Gasteiger partial charge on any atom is 0.127 e. The van der Waals surface area contributed by atoms with Crippen LogP contribution in [-0.2, 0) is 0 Å². The van der Waals surface area contributed by atoms with Crippen LogP contribution in [0.2, 0.25) is 0 Å². The van der Waals surface area contributed by atoms with Gasteiger partial charge in [0.2, 0.25) is 0 Å². The molecule has 0 amide bonds. The van der Waals surface area contributed by atoms with Crippen LogP contribution in [0.15, 0.2) is 18.2 Å². The zero-order valence-corrected chi connectivity index (χ0v) is 7.45. The van der Waals surface area contributed by atoms with Gasteiger partial charge in [0.05, 0.1) is 0 Å². The average molecular weight is 180 g/mol. The lowest BCUT2D eigenvalue weighted by atomic mass is 10.3. The van der Waals surface area contributed by atoms with Gasteiger partial charge in [-0.05, 0) is 19.8 Å². The van der Waals surface area contributed by atoms with Crippen molar-refractivity contribution < 1.29 is 14.9 Å². The van der Waals surface area contributed by atoms with Gasteiger partial charge in [-0.1, -0.05) is 0 Å². The molecular weight excluding hydrogens is 168 g/mol. The first-order chi connectivity index (χ1) is 6.07. The second-order valence-corrected chi connectivity index (χ2v) is 3.74. The van der Waals surface area contributed by atoms with Gasteiger partial charge >= 0.3 is 0 Å². The predicted molar refractivity (Wildman–Crippen MR) is 48.0 cm³/mol. The minimum Gasteiger partial charge on any atom is -0.508 e. The van der Waals surface area contributed by atoms with Gasteiger partial charge in [-0.15, -0.1) is 0 Å². The fourth-order valence-corrected chi connectivity index (χ4v) is 1.19. The summed E-state index contributed by atoms with van der Waals surface area (Å²) >= 11 is 0. The summed E-state index contributed by atoms with van der Waals surface area (Å²) in [6.45, 7) is 2.01. The van der Waals surface area contributed by atoms with Crippen LogP contribution >= 0.6 is 0 Å². The molecule has 1 aromatic rings. The lowest BCUT2D eigenvalue weighted by Crippen LogP contribution is -2.11. The van der Waals surface area contributed by atoms with Crippen LogP contribution in [0.1, 0.15) is 19.8 Å². The Labute approximate surface area is 76.6 Å². The summed E-state index contributed by atoms with van der Waals surface area (Å²) in [6, 6.07) is 4.29. The monoisotopic (exact) mass is 180 g/mol. The van der Waals surface area contributed by atoms with Gasteiger partial charge in [-0.2, -0.15) is 0 Å². The molecule has 3 nitrogen and oxygen atoms in total. The zero-order valence-electron chi connectivity index (χ0n) is 7.45. The Hall–Kier alpha value is -1.38. The summed E-state index contributed by atoms with van der Waals surface area (Å²) in [7, 11) is 0. The minimum absolute atomic E-state index is 0.0271. The lowest BCUT2D eigenvalue weighted by molar-refractivity contribution is 0.199. The second kappa shape index (κ2) is 2.55. The minimum atomic E-state index is -0.0831. The standard InChI is InChI=1S/C10H12O3/c1-10(2-3-10)13-9-5-7(11)4-8(12)6-9/h4-6,11-12H,2-3H2,1H3. The quantitative estimate of drug-likeness (QED) is 0.732. The predicted octanol–water partition coefficient (Wildman–Crippen LogP) is 2.03. The Morgan fingerprint density at radius 1 is 1.15 bits per heavy atom. The summed E-state index contributed by atoms with van der Waals surface area (Å²) < 4.78 is 5.55. The molecule has 1 fully saturated rings. The first-order valence-corrected chi connectivity index (χ1v) is 4.29. The Morgan fingerprint density at radius 3 is 2.15 bits per heavy atom. The highest BCUT2D eigenvalue weighted by molar-refractivity contribution is 5.40. The number of ether oxygens (including phenoxy) is 1. The SMILES string of the molecule is CC1(Oc2cc(O)cc(O)c2)CC1. The topological polar surface area (TPSA) is 49.7 Å². The summed E-state index contributed by atoms with van der Waals surface area (Å²) in [4.78, 5) is 0. The number of phenols is 2. The van der Waals surface area contributed by atoms with Crippen LogP contribution in [0.25, 0.3) is 0 Å². The van der Waals surface area contributed by atoms with E-state index >= 15 is 0 Å². The normalized spacial score (nSPS) is 18.2. The van der Waals surface area contributed by atoms with E-state index in [9.17, 15) is 10.2 Å². The molecule has 13 heavy (non-hydrogen) atoms. The largest absolute Gasteiger partial charge is 0.508 e. The fraction of sp³-hybridized carbons (Fsp3) is 0.400. The number of hydrogen-bond donors (Lipinski definition) is 2. The van der Waals surface area contributed by atoms with E-state index in [1.165, 1.54) is 18.2 Å². The number of phenolic OH excluding ortho intramolecular Hbond substituents is 2. The average Bonchev–Trinajstić information content (AvgIpc) is 2.64. The highest BCUT2D eigenvalue weighted by Gasteiger charge is 2.40. The van der Waals surface area contributed by atoms with Crippen LogP contribution in [0, 0.1) is 0 Å². The van der Waals surface area contributed by atoms with Crippen LogP contribution in [0.4, 0.5) is 0 Å². The van der Waals surface area contributed by atoms with Gasteiger partial charge in [0.1, 0.15) is 22.8 Å². The summed E-state index contributed by atoms with van der Waals surface area (Å²) in [5, 5.41) is 18.3. The molecule has 0 saturated heterocycles. The van der Waals surface area contributed by atoms with Gasteiger partial charge in [0.15, 0.2) is 0 Å². The van der Waals surface area contributed by atoms with Gasteiger partial charge in [0.25, 0.3) is 0 Å². The van der Waals surface area contributed by atoms with Crippen molar-refractivity contribution in [1.82, 2.24) is 0 Å². The lowest BCUT2D eigenvalue weighted by Gasteiger charge is -2.12. The maximum absolute atomic E-state index is 9.17. The molecule has 3 heteroatoms. The highest BCUT2D eigenvalue weighted by atomic mass is 16.5. The zero-order chi connectivity index (χ0) is 9.47. The van der Waals surface area contributed by atoms with E-state index in [1.54, 1.807) is 0 Å². The molecule has 0 bridgehead atoms. The van der Waals surface area contributed by atoms with E-state index < -0.39 is 0 Å². The molecule has 0 atom stereocenters. The summed E-state index contributed by atoms with van der Waals surface area (Å²) in [5.41, 5.74) is -0.0831. The van der Waals surface area contributed by atoms with E-state index in [0.717, 1.165) is 12.8 Å². The van der Waals surface area contributed by atoms with Gasteiger partial charge in [-0.25, -0.2) is 0 Å². The maximum atomic E-state index is 9.17. The molecular formula is C10H12O3. The van der Waals surface area contributed by atoms with Crippen molar-refractivity contribution in [3.63, 3.8) is 0 Å². The van der Waals surface area contributed by atoms with Crippen molar-refractivity contribution in [2.75, 3.05) is 0 Å².